The molecule has 3 rings (SSSR count). The number of carbonyl (C=O) groups is 1. The molecule has 2 heterocycles. The monoisotopic (exact) mass is 363 g/mol. The van der Waals surface area contributed by atoms with E-state index in [1.54, 1.807) is 25.2 Å². The number of sulfonamides is 1. The second-order valence-electron chi connectivity index (χ2n) is 6.11. The minimum Gasteiger partial charge on any atom is -0.506 e. The largest absolute Gasteiger partial charge is 0.506 e. The number of piperidine rings is 1. The molecule has 0 aliphatic carbocycles. The first-order chi connectivity index (χ1) is 11.9. The molecule has 2 N–H and O–H groups in total. The highest BCUT2D eigenvalue weighted by atomic mass is 32.2. The molecule has 1 amide bonds. The van der Waals surface area contributed by atoms with Gasteiger partial charge in [0.15, 0.2) is 0 Å². The number of phenolic OH excluding ortho intramolecular Hbond substituents is 1. The predicted octanol–water partition coefficient (Wildman–Crippen LogP) is 2.16. The number of anilines is 1. The Kier molecular flexibility index (Phi) is 4.82. The molecule has 1 aromatic carbocycles. The Morgan fingerprint density at radius 1 is 1.16 bits per heavy atom. The van der Waals surface area contributed by atoms with Crippen LogP contribution in [0.15, 0.2) is 41.4 Å². The number of hydrogen-bond acceptors (Lipinski definition) is 4. The van der Waals surface area contributed by atoms with Gasteiger partial charge >= 0.3 is 0 Å². The molecule has 2 aromatic rings. The van der Waals surface area contributed by atoms with Gasteiger partial charge in [-0.05, 0) is 31.0 Å². The summed E-state index contributed by atoms with van der Waals surface area (Å²) in [6, 6.07) is 7.75. The van der Waals surface area contributed by atoms with Crippen molar-refractivity contribution in [1.29, 1.82) is 0 Å². The molecule has 1 fully saturated rings. The summed E-state index contributed by atoms with van der Waals surface area (Å²) in [6.45, 7) is 1.02. The van der Waals surface area contributed by atoms with Crippen molar-refractivity contribution in [3.63, 3.8) is 0 Å². The molecule has 0 unspecified atom stereocenters. The molecular formula is C17H21N3O4S. The topological polar surface area (TPSA) is 91.6 Å². The van der Waals surface area contributed by atoms with Crippen molar-refractivity contribution in [3.8, 4) is 5.75 Å². The van der Waals surface area contributed by atoms with E-state index in [9.17, 15) is 18.3 Å². The van der Waals surface area contributed by atoms with Crippen LogP contribution in [0.5, 0.6) is 5.75 Å². The molecule has 1 saturated heterocycles. The van der Waals surface area contributed by atoms with Crippen molar-refractivity contribution in [2.45, 2.75) is 24.2 Å². The van der Waals surface area contributed by atoms with Crippen LogP contribution in [-0.2, 0) is 17.1 Å². The normalized spacial score (nSPS) is 15.9. The number of hydrogen-bond donors (Lipinski definition) is 2. The Balaban J connectivity index is 1.84. The van der Waals surface area contributed by atoms with Crippen molar-refractivity contribution in [2.24, 2.45) is 7.05 Å². The number of carbonyl (C=O) groups excluding carboxylic acids is 1. The van der Waals surface area contributed by atoms with Crippen LogP contribution in [0.4, 0.5) is 5.69 Å². The Morgan fingerprint density at radius 2 is 1.84 bits per heavy atom. The predicted molar refractivity (Wildman–Crippen MR) is 94.1 cm³/mol. The van der Waals surface area contributed by atoms with Crippen LogP contribution >= 0.6 is 0 Å². The highest BCUT2D eigenvalue weighted by Gasteiger charge is 2.28. The molecule has 0 radical (unpaired) electrons. The number of para-hydroxylation sites is 2. The molecule has 1 aromatic heterocycles. The summed E-state index contributed by atoms with van der Waals surface area (Å²) in [6.07, 6.45) is 4.19. The van der Waals surface area contributed by atoms with E-state index in [1.807, 2.05) is 0 Å². The zero-order chi connectivity index (χ0) is 18.0. The number of nitrogens with one attached hydrogen (secondary N) is 1. The average molecular weight is 363 g/mol. The second-order valence-corrected chi connectivity index (χ2v) is 8.05. The molecule has 8 heteroatoms. The Bertz CT molecular complexity index is 883. The van der Waals surface area contributed by atoms with Gasteiger partial charge in [0.2, 0.25) is 10.0 Å². The summed E-state index contributed by atoms with van der Waals surface area (Å²) in [5.41, 5.74) is 0.480. The lowest BCUT2D eigenvalue weighted by atomic mass is 10.2. The number of aryl methyl sites for hydroxylation is 1. The first kappa shape index (κ1) is 17.5. The Labute approximate surface area is 146 Å². The summed E-state index contributed by atoms with van der Waals surface area (Å²) < 4.78 is 28.4. The first-order valence-corrected chi connectivity index (χ1v) is 9.59. The van der Waals surface area contributed by atoms with Crippen LogP contribution in [0, 0.1) is 0 Å². The third kappa shape index (κ3) is 3.54. The first-order valence-electron chi connectivity index (χ1n) is 8.15. The van der Waals surface area contributed by atoms with Crippen LogP contribution in [0.25, 0.3) is 0 Å². The van der Waals surface area contributed by atoms with Crippen molar-refractivity contribution in [2.75, 3.05) is 18.4 Å². The zero-order valence-electron chi connectivity index (χ0n) is 14.0. The molecule has 0 bridgehead atoms. The fraction of sp³-hybridized carbons (Fsp3) is 0.353. The van der Waals surface area contributed by atoms with E-state index in [0.29, 0.717) is 13.1 Å². The summed E-state index contributed by atoms with van der Waals surface area (Å²) in [5.74, 6) is -0.532. The smallest absolute Gasteiger partial charge is 0.272 e. The molecule has 134 valence electrons. The molecule has 0 atom stereocenters. The maximum absolute atomic E-state index is 12.7. The Hall–Kier alpha value is -2.32. The van der Waals surface area contributed by atoms with Gasteiger partial charge in [0.1, 0.15) is 16.3 Å². The van der Waals surface area contributed by atoms with Gasteiger partial charge < -0.3 is 15.0 Å². The van der Waals surface area contributed by atoms with E-state index in [-0.39, 0.29) is 22.0 Å². The minimum atomic E-state index is -3.60. The number of phenols is 1. The molecule has 1 aliphatic rings. The summed E-state index contributed by atoms with van der Waals surface area (Å²) in [7, 11) is -1.98. The number of amides is 1. The summed E-state index contributed by atoms with van der Waals surface area (Å²) in [5, 5.41) is 12.3. The standard InChI is InChI=1S/C17H21N3O4S/c1-19-12-13(25(23,24)20-9-5-2-6-10-20)11-15(19)17(22)18-14-7-3-4-8-16(14)21/h3-4,7-8,11-12,21H,2,5-6,9-10H2,1H3,(H,18,22). The van der Waals surface area contributed by atoms with Crippen molar-refractivity contribution in [3.05, 3.63) is 42.2 Å². The van der Waals surface area contributed by atoms with Gasteiger partial charge in [-0.15, -0.1) is 0 Å². The van der Waals surface area contributed by atoms with Gasteiger partial charge in [0.05, 0.1) is 5.69 Å². The average Bonchev–Trinajstić information content (AvgIpc) is 3.00. The SMILES string of the molecule is Cn1cc(S(=O)(=O)N2CCCCC2)cc1C(=O)Nc1ccccc1O. The quantitative estimate of drug-likeness (QED) is 0.814. The number of benzene rings is 1. The highest BCUT2D eigenvalue weighted by molar-refractivity contribution is 7.89. The van der Waals surface area contributed by atoms with E-state index in [1.165, 1.54) is 27.2 Å². The van der Waals surface area contributed by atoms with Crippen LogP contribution in [-0.4, -0.2) is 41.4 Å². The minimum absolute atomic E-state index is 0.0498. The van der Waals surface area contributed by atoms with Gasteiger partial charge in [-0.2, -0.15) is 4.31 Å². The van der Waals surface area contributed by atoms with Crippen molar-refractivity contribution in [1.82, 2.24) is 8.87 Å². The third-order valence-corrected chi connectivity index (χ3v) is 6.18. The number of aromatic nitrogens is 1. The second kappa shape index (κ2) is 6.89. The maximum Gasteiger partial charge on any atom is 0.272 e. The molecule has 7 nitrogen and oxygen atoms in total. The van der Waals surface area contributed by atoms with Crippen LogP contribution in [0.2, 0.25) is 0 Å². The van der Waals surface area contributed by atoms with E-state index in [2.05, 4.69) is 5.32 Å². The van der Waals surface area contributed by atoms with Crippen LogP contribution in [0.3, 0.4) is 0 Å². The van der Waals surface area contributed by atoms with E-state index >= 15 is 0 Å². The van der Waals surface area contributed by atoms with Crippen LogP contribution in [0.1, 0.15) is 29.8 Å². The maximum atomic E-state index is 12.7. The van der Waals surface area contributed by atoms with Crippen molar-refractivity contribution >= 4 is 21.6 Å². The van der Waals surface area contributed by atoms with Gasteiger partial charge in [-0.1, -0.05) is 18.6 Å². The van der Waals surface area contributed by atoms with Gasteiger partial charge in [-0.25, -0.2) is 8.42 Å². The summed E-state index contributed by atoms with van der Waals surface area (Å²) >= 11 is 0. The van der Waals surface area contributed by atoms with Gasteiger partial charge in [-0.3, -0.25) is 4.79 Å². The lowest BCUT2D eigenvalue weighted by Crippen LogP contribution is -2.35. The number of rotatable bonds is 4. The van der Waals surface area contributed by atoms with Crippen LogP contribution < -0.4 is 5.32 Å². The fourth-order valence-corrected chi connectivity index (χ4v) is 4.51. The van der Waals surface area contributed by atoms with E-state index in [4.69, 9.17) is 0 Å². The zero-order valence-corrected chi connectivity index (χ0v) is 14.8. The molecule has 0 spiro atoms. The van der Waals surface area contributed by atoms with Gasteiger partial charge in [0.25, 0.3) is 5.91 Å². The lowest BCUT2D eigenvalue weighted by molar-refractivity contribution is 0.101. The van der Waals surface area contributed by atoms with Crippen molar-refractivity contribution < 1.29 is 18.3 Å². The lowest BCUT2D eigenvalue weighted by Gasteiger charge is -2.25. The Morgan fingerprint density at radius 3 is 2.52 bits per heavy atom. The molecule has 0 saturated carbocycles. The van der Waals surface area contributed by atoms with E-state index in [0.717, 1.165) is 19.3 Å². The fourth-order valence-electron chi connectivity index (χ4n) is 2.92. The molecular weight excluding hydrogens is 342 g/mol. The summed E-state index contributed by atoms with van der Waals surface area (Å²) in [4.78, 5) is 12.6. The molecule has 1 aliphatic heterocycles. The molecule has 25 heavy (non-hydrogen) atoms. The van der Waals surface area contributed by atoms with Gasteiger partial charge in [0, 0.05) is 26.3 Å². The highest BCUT2D eigenvalue weighted by Crippen LogP contribution is 2.25. The number of aromatic hydroxyl groups is 1. The number of nitrogens with zero attached hydrogens (tertiary/aromatic N) is 2. The third-order valence-electron chi connectivity index (χ3n) is 4.32. The van der Waals surface area contributed by atoms with E-state index < -0.39 is 15.9 Å².